The van der Waals surface area contributed by atoms with E-state index in [0.29, 0.717) is 0 Å². The van der Waals surface area contributed by atoms with Gasteiger partial charge in [-0.05, 0) is 24.5 Å². The SMILES string of the molecule is C1=CC2CC2C2=C1Sc1ccccc1N2.[HH]. The summed E-state index contributed by atoms with van der Waals surface area (Å²) in [4.78, 5) is 2.77. The van der Waals surface area contributed by atoms with E-state index in [1.165, 1.54) is 27.6 Å². The van der Waals surface area contributed by atoms with E-state index >= 15 is 0 Å². The number of allylic oxidation sites excluding steroid dienone is 3. The van der Waals surface area contributed by atoms with E-state index in [2.05, 4.69) is 41.7 Å². The molecule has 1 nitrogen and oxygen atoms in total. The van der Waals surface area contributed by atoms with Gasteiger partial charge in [-0.3, -0.25) is 0 Å². The number of para-hydroxylation sites is 1. The molecule has 0 aromatic heterocycles. The van der Waals surface area contributed by atoms with Crippen LogP contribution in [0.4, 0.5) is 5.69 Å². The summed E-state index contributed by atoms with van der Waals surface area (Å²) >= 11 is 1.90. The Labute approximate surface area is 94.7 Å². The fraction of sp³-hybridized carbons (Fsp3) is 0.231. The summed E-state index contributed by atoms with van der Waals surface area (Å²) in [6.45, 7) is 0. The maximum absolute atomic E-state index is 3.60. The molecule has 1 heterocycles. The van der Waals surface area contributed by atoms with Crippen LogP contribution in [0, 0.1) is 11.8 Å². The summed E-state index contributed by atoms with van der Waals surface area (Å²) in [5.74, 6) is 1.60. The summed E-state index contributed by atoms with van der Waals surface area (Å²) in [7, 11) is 0. The molecule has 2 atom stereocenters. The van der Waals surface area contributed by atoms with Gasteiger partial charge in [0.2, 0.25) is 0 Å². The molecule has 4 rings (SSSR count). The van der Waals surface area contributed by atoms with Gasteiger partial charge in [0.25, 0.3) is 0 Å². The first-order valence-corrected chi connectivity index (χ1v) is 6.20. The highest BCUT2D eigenvalue weighted by Gasteiger charge is 2.42. The third-order valence-corrected chi connectivity index (χ3v) is 4.50. The van der Waals surface area contributed by atoms with Crippen molar-refractivity contribution in [3.8, 4) is 0 Å². The Kier molecular flexibility index (Phi) is 1.45. The lowest BCUT2D eigenvalue weighted by Gasteiger charge is -2.24. The molecule has 1 aromatic carbocycles. The zero-order valence-electron chi connectivity index (χ0n) is 8.23. The quantitative estimate of drug-likeness (QED) is 0.705. The van der Waals surface area contributed by atoms with E-state index < -0.39 is 0 Å². The maximum atomic E-state index is 3.60. The fourth-order valence-corrected chi connectivity index (χ4v) is 3.48. The average Bonchev–Trinajstić information content (AvgIpc) is 3.06. The van der Waals surface area contributed by atoms with Crippen molar-refractivity contribution >= 4 is 17.4 Å². The van der Waals surface area contributed by atoms with Crippen molar-refractivity contribution in [2.75, 3.05) is 5.32 Å². The van der Waals surface area contributed by atoms with Crippen molar-refractivity contribution < 1.29 is 1.43 Å². The molecule has 3 aliphatic rings. The molecule has 1 aromatic rings. The minimum atomic E-state index is 0. The van der Waals surface area contributed by atoms with Crippen molar-refractivity contribution in [3.05, 3.63) is 47.0 Å². The molecule has 1 N–H and O–H groups in total. The van der Waals surface area contributed by atoms with Crippen molar-refractivity contribution in [2.45, 2.75) is 11.3 Å². The van der Waals surface area contributed by atoms with E-state index in [4.69, 9.17) is 0 Å². The predicted octanol–water partition coefficient (Wildman–Crippen LogP) is 3.87. The lowest BCUT2D eigenvalue weighted by atomic mass is 10.1. The Hall–Kier alpha value is -1.15. The number of hydrogen-bond donors (Lipinski definition) is 1. The largest absolute Gasteiger partial charge is 0.357 e. The van der Waals surface area contributed by atoms with Crippen LogP contribution in [0.25, 0.3) is 0 Å². The normalized spacial score (nSPS) is 30.1. The number of rotatable bonds is 0. The predicted molar refractivity (Wildman–Crippen MR) is 65.8 cm³/mol. The molecule has 1 fully saturated rings. The zero-order chi connectivity index (χ0) is 9.83. The molecule has 2 unspecified atom stereocenters. The molecule has 2 heteroatoms. The number of thioether (sulfide) groups is 1. The highest BCUT2D eigenvalue weighted by atomic mass is 32.2. The Balaban J connectivity index is 0.000000810. The second-order valence-corrected chi connectivity index (χ2v) is 5.45. The van der Waals surface area contributed by atoms with Gasteiger partial charge in [0, 0.05) is 22.8 Å². The summed E-state index contributed by atoms with van der Waals surface area (Å²) in [5, 5.41) is 3.60. The van der Waals surface area contributed by atoms with Crippen LogP contribution in [0.2, 0.25) is 0 Å². The Morgan fingerprint density at radius 3 is 3.27 bits per heavy atom. The van der Waals surface area contributed by atoms with Crippen LogP contribution in [0.3, 0.4) is 0 Å². The van der Waals surface area contributed by atoms with Gasteiger partial charge < -0.3 is 5.32 Å². The van der Waals surface area contributed by atoms with Gasteiger partial charge in [0.05, 0.1) is 5.69 Å². The highest BCUT2D eigenvalue weighted by molar-refractivity contribution is 8.03. The smallest absolute Gasteiger partial charge is 0.0524 e. The van der Waals surface area contributed by atoms with Gasteiger partial charge in [-0.1, -0.05) is 36.0 Å². The molecular weight excluding hydrogens is 202 g/mol. The second kappa shape index (κ2) is 2.70. The number of benzene rings is 1. The standard InChI is InChI=1S/C13H11NS.H2/c1-2-4-11-10(3-1)14-13-9-7-8(9)5-6-12(13)15-11;/h1-6,8-9,14H,7H2;1H. The van der Waals surface area contributed by atoms with E-state index in [-0.39, 0.29) is 1.43 Å². The first kappa shape index (κ1) is 8.05. The van der Waals surface area contributed by atoms with E-state index in [9.17, 15) is 0 Å². The molecule has 15 heavy (non-hydrogen) atoms. The van der Waals surface area contributed by atoms with Crippen molar-refractivity contribution in [1.82, 2.24) is 0 Å². The minimum absolute atomic E-state index is 0. The molecule has 76 valence electrons. The number of anilines is 1. The van der Waals surface area contributed by atoms with Gasteiger partial charge in [-0.25, -0.2) is 0 Å². The van der Waals surface area contributed by atoms with Crippen molar-refractivity contribution in [1.29, 1.82) is 0 Å². The average molecular weight is 215 g/mol. The Bertz CT molecular complexity index is 506. The van der Waals surface area contributed by atoms with Crippen LogP contribution >= 0.6 is 11.8 Å². The molecule has 0 saturated heterocycles. The van der Waals surface area contributed by atoms with Gasteiger partial charge in [-0.2, -0.15) is 0 Å². The first-order valence-electron chi connectivity index (χ1n) is 5.38. The summed E-state index contributed by atoms with van der Waals surface area (Å²) in [5.41, 5.74) is 2.74. The molecule has 1 saturated carbocycles. The molecular formula is C13H13NS. The van der Waals surface area contributed by atoms with Crippen molar-refractivity contribution in [2.24, 2.45) is 11.8 Å². The first-order chi connectivity index (χ1) is 7.42. The lowest BCUT2D eigenvalue weighted by molar-refractivity contribution is 0.906. The van der Waals surface area contributed by atoms with Gasteiger partial charge in [0.15, 0.2) is 0 Å². The Morgan fingerprint density at radius 2 is 2.27 bits per heavy atom. The van der Waals surface area contributed by atoms with Gasteiger partial charge in [0.1, 0.15) is 0 Å². The molecule has 0 radical (unpaired) electrons. The van der Waals surface area contributed by atoms with Crippen LogP contribution in [0.15, 0.2) is 51.9 Å². The summed E-state index contributed by atoms with van der Waals surface area (Å²) < 4.78 is 0. The van der Waals surface area contributed by atoms with Crippen LogP contribution in [-0.4, -0.2) is 0 Å². The third-order valence-electron chi connectivity index (χ3n) is 3.35. The Morgan fingerprint density at radius 1 is 1.33 bits per heavy atom. The molecule has 1 aliphatic heterocycles. The third kappa shape index (κ3) is 1.11. The maximum Gasteiger partial charge on any atom is 0.0524 e. The zero-order valence-corrected chi connectivity index (χ0v) is 9.05. The monoisotopic (exact) mass is 215 g/mol. The summed E-state index contributed by atoms with van der Waals surface area (Å²) in [6.07, 6.45) is 5.99. The summed E-state index contributed by atoms with van der Waals surface area (Å²) in [6, 6.07) is 8.55. The van der Waals surface area contributed by atoms with E-state index in [1.807, 2.05) is 11.8 Å². The minimum Gasteiger partial charge on any atom is -0.357 e. The van der Waals surface area contributed by atoms with Crippen LogP contribution in [0.1, 0.15) is 7.85 Å². The van der Waals surface area contributed by atoms with Gasteiger partial charge >= 0.3 is 0 Å². The number of fused-ring (bicyclic) bond motifs is 3. The van der Waals surface area contributed by atoms with Crippen LogP contribution in [-0.2, 0) is 0 Å². The lowest BCUT2D eigenvalue weighted by Crippen LogP contribution is -2.11. The second-order valence-electron chi connectivity index (χ2n) is 4.37. The molecule has 2 aliphatic carbocycles. The highest BCUT2D eigenvalue weighted by Crippen LogP contribution is 2.54. The number of hydrogen-bond acceptors (Lipinski definition) is 2. The van der Waals surface area contributed by atoms with Crippen LogP contribution < -0.4 is 5.32 Å². The number of nitrogens with one attached hydrogen (secondary N) is 1. The molecule has 0 spiro atoms. The van der Waals surface area contributed by atoms with Gasteiger partial charge in [-0.15, -0.1) is 0 Å². The fourth-order valence-electron chi connectivity index (χ4n) is 2.41. The topological polar surface area (TPSA) is 12.0 Å². The van der Waals surface area contributed by atoms with Crippen LogP contribution in [0.5, 0.6) is 0 Å². The molecule has 0 bridgehead atoms. The van der Waals surface area contributed by atoms with Crippen molar-refractivity contribution in [3.63, 3.8) is 0 Å². The molecule has 0 amide bonds. The van der Waals surface area contributed by atoms with E-state index in [0.717, 1.165) is 11.8 Å². The van der Waals surface area contributed by atoms with E-state index in [1.54, 1.807) is 0 Å².